The molecule has 7 nitrogen and oxygen atoms in total. The van der Waals surface area contributed by atoms with Crippen molar-refractivity contribution in [1.29, 1.82) is 0 Å². The molecule has 0 atom stereocenters. The van der Waals surface area contributed by atoms with Crippen LogP contribution in [0.2, 0.25) is 0 Å². The zero-order chi connectivity index (χ0) is 12.3. The van der Waals surface area contributed by atoms with Crippen LogP contribution in [0.25, 0.3) is 0 Å². The molecule has 1 fully saturated rings. The maximum atomic E-state index is 10.7. The number of hydrogen-bond acceptors (Lipinski definition) is 5. The van der Waals surface area contributed by atoms with Gasteiger partial charge < -0.3 is 20.4 Å². The average molecular weight is 238 g/mol. The lowest BCUT2D eigenvalue weighted by Gasteiger charge is -2.30. The normalized spacial score (nSPS) is 16.8. The van der Waals surface area contributed by atoms with Gasteiger partial charge in [-0.25, -0.2) is 14.8 Å². The number of aromatic nitrogens is 2. The number of rotatable bonds is 2. The number of piperidine rings is 1. The van der Waals surface area contributed by atoms with Crippen molar-refractivity contribution in [2.75, 3.05) is 18.4 Å². The van der Waals surface area contributed by atoms with E-state index in [-0.39, 0.29) is 11.8 Å². The first-order valence-electron chi connectivity index (χ1n) is 5.40. The molecule has 0 aromatic carbocycles. The molecule has 1 saturated heterocycles. The maximum absolute atomic E-state index is 10.7. The smallest absolute Gasteiger partial charge is 0.407 e. The fourth-order valence-corrected chi connectivity index (χ4v) is 1.79. The highest BCUT2D eigenvalue weighted by Gasteiger charge is 2.22. The van der Waals surface area contributed by atoms with Crippen LogP contribution in [0.5, 0.6) is 5.75 Å². The predicted octanol–water partition coefficient (Wildman–Crippen LogP) is 0.736. The molecule has 1 aromatic heterocycles. The van der Waals surface area contributed by atoms with Crippen molar-refractivity contribution in [2.24, 2.45) is 0 Å². The summed E-state index contributed by atoms with van der Waals surface area (Å²) in [5.41, 5.74) is 0. The van der Waals surface area contributed by atoms with Gasteiger partial charge in [-0.05, 0) is 12.8 Å². The van der Waals surface area contributed by atoms with Crippen molar-refractivity contribution < 1.29 is 15.0 Å². The van der Waals surface area contributed by atoms with E-state index in [2.05, 4.69) is 15.3 Å². The highest BCUT2D eigenvalue weighted by atomic mass is 16.4. The molecule has 0 aliphatic carbocycles. The number of likely N-dealkylation sites (tertiary alicyclic amines) is 1. The van der Waals surface area contributed by atoms with Crippen LogP contribution in [0, 0.1) is 0 Å². The van der Waals surface area contributed by atoms with E-state index in [0.29, 0.717) is 19.0 Å². The zero-order valence-electron chi connectivity index (χ0n) is 9.20. The molecule has 3 N–H and O–H groups in total. The molecule has 7 heteroatoms. The fourth-order valence-electron chi connectivity index (χ4n) is 1.79. The largest absolute Gasteiger partial charge is 0.505 e. The Labute approximate surface area is 98.1 Å². The summed E-state index contributed by atoms with van der Waals surface area (Å²) in [6.07, 6.45) is 3.24. The van der Waals surface area contributed by atoms with Crippen LogP contribution in [0.4, 0.5) is 10.7 Å². The van der Waals surface area contributed by atoms with Crippen LogP contribution in [0.3, 0.4) is 0 Å². The minimum Gasteiger partial charge on any atom is -0.505 e. The highest BCUT2D eigenvalue weighted by Crippen LogP contribution is 2.14. The lowest BCUT2D eigenvalue weighted by atomic mass is 10.1. The highest BCUT2D eigenvalue weighted by molar-refractivity contribution is 5.65. The first kappa shape index (κ1) is 11.4. The first-order chi connectivity index (χ1) is 8.15. The number of amides is 1. The van der Waals surface area contributed by atoms with Crippen LogP contribution in [-0.4, -0.2) is 50.3 Å². The molecule has 1 aliphatic heterocycles. The van der Waals surface area contributed by atoms with E-state index < -0.39 is 6.09 Å². The quantitative estimate of drug-likeness (QED) is 0.702. The molecule has 1 aliphatic rings. The summed E-state index contributed by atoms with van der Waals surface area (Å²) < 4.78 is 0. The van der Waals surface area contributed by atoms with E-state index in [1.807, 2.05) is 0 Å². The van der Waals surface area contributed by atoms with Crippen molar-refractivity contribution in [2.45, 2.75) is 18.9 Å². The van der Waals surface area contributed by atoms with Gasteiger partial charge in [-0.15, -0.1) is 0 Å². The number of carboxylic acid groups (broad SMARTS) is 1. The van der Waals surface area contributed by atoms with Gasteiger partial charge in [-0.2, -0.15) is 0 Å². The Morgan fingerprint density at radius 3 is 2.47 bits per heavy atom. The van der Waals surface area contributed by atoms with E-state index in [9.17, 15) is 4.79 Å². The fraction of sp³-hybridized carbons (Fsp3) is 0.500. The second-order valence-electron chi connectivity index (χ2n) is 3.95. The van der Waals surface area contributed by atoms with Crippen molar-refractivity contribution in [3.05, 3.63) is 12.4 Å². The number of hydrogen-bond donors (Lipinski definition) is 3. The number of anilines is 1. The Morgan fingerprint density at radius 1 is 1.35 bits per heavy atom. The SMILES string of the molecule is O=C(O)N1CCC(Nc2ncc(O)cn2)CC1. The third-order valence-corrected chi connectivity index (χ3v) is 2.74. The summed E-state index contributed by atoms with van der Waals surface area (Å²) in [5.74, 6) is 0.479. The molecular weight excluding hydrogens is 224 g/mol. The molecule has 0 saturated carbocycles. The van der Waals surface area contributed by atoms with Crippen LogP contribution in [0.1, 0.15) is 12.8 Å². The van der Waals surface area contributed by atoms with E-state index >= 15 is 0 Å². The van der Waals surface area contributed by atoms with Gasteiger partial charge in [0.05, 0.1) is 12.4 Å². The second-order valence-corrected chi connectivity index (χ2v) is 3.95. The van der Waals surface area contributed by atoms with E-state index in [1.54, 1.807) is 0 Å². The van der Waals surface area contributed by atoms with Crippen molar-refractivity contribution in [3.8, 4) is 5.75 Å². The Balaban J connectivity index is 1.85. The Hall–Kier alpha value is -2.05. The van der Waals surface area contributed by atoms with Crippen LogP contribution < -0.4 is 5.32 Å². The second kappa shape index (κ2) is 4.86. The third kappa shape index (κ3) is 2.96. The predicted molar refractivity (Wildman–Crippen MR) is 59.9 cm³/mol. The number of carbonyl (C=O) groups is 1. The Kier molecular flexibility index (Phi) is 3.27. The van der Waals surface area contributed by atoms with Gasteiger partial charge >= 0.3 is 6.09 Å². The van der Waals surface area contributed by atoms with Crippen molar-refractivity contribution >= 4 is 12.0 Å². The minimum atomic E-state index is -0.871. The van der Waals surface area contributed by atoms with Crippen LogP contribution >= 0.6 is 0 Å². The third-order valence-electron chi connectivity index (χ3n) is 2.74. The molecule has 17 heavy (non-hydrogen) atoms. The molecule has 1 amide bonds. The van der Waals surface area contributed by atoms with Crippen molar-refractivity contribution in [3.63, 3.8) is 0 Å². The number of nitrogens with zero attached hydrogens (tertiary/aromatic N) is 3. The first-order valence-corrected chi connectivity index (χ1v) is 5.40. The van der Waals surface area contributed by atoms with Crippen LogP contribution in [0.15, 0.2) is 12.4 Å². The van der Waals surface area contributed by atoms with Gasteiger partial charge in [0.15, 0.2) is 5.75 Å². The molecule has 92 valence electrons. The maximum Gasteiger partial charge on any atom is 0.407 e. The van der Waals surface area contributed by atoms with Gasteiger partial charge in [-0.1, -0.05) is 0 Å². The summed E-state index contributed by atoms with van der Waals surface area (Å²) >= 11 is 0. The molecule has 0 radical (unpaired) electrons. The summed E-state index contributed by atoms with van der Waals surface area (Å²) in [6.45, 7) is 1.04. The van der Waals surface area contributed by atoms with E-state index in [0.717, 1.165) is 12.8 Å². The van der Waals surface area contributed by atoms with Gasteiger partial charge in [0, 0.05) is 19.1 Å². The Morgan fingerprint density at radius 2 is 1.94 bits per heavy atom. The Bertz CT molecular complexity index is 387. The van der Waals surface area contributed by atoms with Gasteiger partial charge in [-0.3, -0.25) is 0 Å². The number of aromatic hydroxyl groups is 1. The standard InChI is InChI=1S/C10H14N4O3/c15-8-5-11-9(12-6-8)13-7-1-3-14(4-2-7)10(16)17/h5-7,15H,1-4H2,(H,16,17)(H,11,12,13). The molecule has 2 heterocycles. The summed E-state index contributed by atoms with van der Waals surface area (Å²) in [5, 5.41) is 20.9. The molecule has 0 bridgehead atoms. The van der Waals surface area contributed by atoms with Crippen LogP contribution in [-0.2, 0) is 0 Å². The lowest BCUT2D eigenvalue weighted by molar-refractivity contribution is 0.133. The monoisotopic (exact) mass is 238 g/mol. The molecular formula is C10H14N4O3. The van der Waals surface area contributed by atoms with E-state index in [4.69, 9.17) is 10.2 Å². The zero-order valence-corrected chi connectivity index (χ0v) is 9.20. The van der Waals surface area contributed by atoms with Crippen molar-refractivity contribution in [1.82, 2.24) is 14.9 Å². The average Bonchev–Trinajstić information content (AvgIpc) is 2.33. The molecule has 0 spiro atoms. The summed E-state index contributed by atoms with van der Waals surface area (Å²) in [6, 6.07) is 0.176. The van der Waals surface area contributed by atoms with Gasteiger partial charge in [0.2, 0.25) is 5.95 Å². The summed E-state index contributed by atoms with van der Waals surface area (Å²) in [4.78, 5) is 20.0. The minimum absolute atomic E-state index is 0.0243. The van der Waals surface area contributed by atoms with E-state index in [1.165, 1.54) is 17.3 Å². The molecule has 2 rings (SSSR count). The van der Waals surface area contributed by atoms with Gasteiger partial charge in [0.1, 0.15) is 0 Å². The summed E-state index contributed by atoms with van der Waals surface area (Å²) in [7, 11) is 0. The number of nitrogens with one attached hydrogen (secondary N) is 1. The topological polar surface area (TPSA) is 98.6 Å². The molecule has 0 unspecified atom stereocenters. The molecule has 1 aromatic rings. The van der Waals surface area contributed by atoms with Gasteiger partial charge in [0.25, 0.3) is 0 Å². The lowest BCUT2D eigenvalue weighted by Crippen LogP contribution is -2.41.